The Bertz CT molecular complexity index is 601. The van der Waals surface area contributed by atoms with E-state index in [1.54, 1.807) is 19.0 Å². The van der Waals surface area contributed by atoms with E-state index in [0.29, 0.717) is 12.5 Å². The number of halogens is 1. The van der Waals surface area contributed by atoms with Gasteiger partial charge in [-0.25, -0.2) is 4.99 Å². The average Bonchev–Trinajstić information content (AvgIpc) is 3.05. The summed E-state index contributed by atoms with van der Waals surface area (Å²) in [4.78, 5) is 20.2. The van der Waals surface area contributed by atoms with Crippen LogP contribution in [0.25, 0.3) is 0 Å². The third kappa shape index (κ3) is 6.68. The van der Waals surface area contributed by atoms with Crippen LogP contribution < -0.4 is 5.32 Å². The Hall–Kier alpha value is -1.57. The van der Waals surface area contributed by atoms with Gasteiger partial charge in [0.2, 0.25) is 5.91 Å². The van der Waals surface area contributed by atoms with Crippen LogP contribution in [0.5, 0.6) is 0 Å². The highest BCUT2D eigenvalue weighted by molar-refractivity contribution is 14.0. The number of amides is 1. The van der Waals surface area contributed by atoms with E-state index in [4.69, 9.17) is 0 Å². The summed E-state index contributed by atoms with van der Waals surface area (Å²) in [5.41, 5.74) is 2.41. The van der Waals surface area contributed by atoms with Crippen molar-refractivity contribution in [1.82, 2.24) is 15.1 Å². The van der Waals surface area contributed by atoms with Gasteiger partial charge < -0.3 is 15.1 Å². The van der Waals surface area contributed by atoms with Crippen molar-refractivity contribution < 1.29 is 4.79 Å². The number of likely N-dealkylation sites (N-methyl/N-ethyl adjacent to an activating group) is 1. The minimum Gasteiger partial charge on any atom is -0.353 e. The predicted octanol–water partition coefficient (Wildman–Crippen LogP) is 2.70. The molecule has 2 rings (SSSR count). The Labute approximate surface area is 168 Å². The van der Waals surface area contributed by atoms with Crippen LogP contribution in [0, 0.1) is 0 Å². The van der Waals surface area contributed by atoms with Crippen LogP contribution in [-0.2, 0) is 4.79 Å². The van der Waals surface area contributed by atoms with Gasteiger partial charge in [0.05, 0.1) is 0 Å². The van der Waals surface area contributed by atoms with Gasteiger partial charge in [0.25, 0.3) is 0 Å². The SMILES string of the molecule is C=C(C)CNC(=NCC(=O)N(C)C)N1CCC(c2ccccc2)C1.I. The molecule has 1 aromatic carbocycles. The highest BCUT2D eigenvalue weighted by Gasteiger charge is 2.26. The molecule has 1 atom stereocenters. The van der Waals surface area contributed by atoms with E-state index in [-0.39, 0.29) is 36.4 Å². The first-order valence-corrected chi connectivity index (χ1v) is 8.40. The molecule has 1 fully saturated rings. The zero-order chi connectivity index (χ0) is 17.5. The van der Waals surface area contributed by atoms with Gasteiger partial charge in [-0.15, -0.1) is 24.0 Å². The average molecular weight is 456 g/mol. The molecule has 5 nitrogen and oxygen atoms in total. The lowest BCUT2D eigenvalue weighted by Gasteiger charge is -2.22. The van der Waals surface area contributed by atoms with Crippen molar-refractivity contribution in [2.24, 2.45) is 4.99 Å². The van der Waals surface area contributed by atoms with E-state index in [0.717, 1.165) is 31.0 Å². The van der Waals surface area contributed by atoms with Crippen molar-refractivity contribution in [2.75, 3.05) is 40.3 Å². The Balaban J connectivity index is 0.00000312. The van der Waals surface area contributed by atoms with Gasteiger partial charge in [-0.1, -0.05) is 42.5 Å². The van der Waals surface area contributed by atoms with Crippen LogP contribution >= 0.6 is 24.0 Å². The maximum Gasteiger partial charge on any atom is 0.243 e. The summed E-state index contributed by atoms with van der Waals surface area (Å²) in [6, 6.07) is 10.6. The number of hydrogen-bond acceptors (Lipinski definition) is 2. The first kappa shape index (κ1) is 21.5. The number of benzene rings is 1. The fourth-order valence-electron chi connectivity index (χ4n) is 2.73. The molecule has 1 amide bonds. The monoisotopic (exact) mass is 456 g/mol. The van der Waals surface area contributed by atoms with Crippen LogP contribution in [0.3, 0.4) is 0 Å². The van der Waals surface area contributed by atoms with E-state index in [2.05, 4.69) is 46.1 Å². The van der Waals surface area contributed by atoms with Crippen LogP contribution in [0.1, 0.15) is 24.8 Å². The summed E-state index contributed by atoms with van der Waals surface area (Å²) in [6.45, 7) is 8.60. The summed E-state index contributed by atoms with van der Waals surface area (Å²) < 4.78 is 0. The maximum atomic E-state index is 11.8. The molecular weight excluding hydrogens is 427 g/mol. The van der Waals surface area contributed by atoms with Gasteiger partial charge in [-0.2, -0.15) is 0 Å². The minimum atomic E-state index is 0. The van der Waals surface area contributed by atoms with Gasteiger partial charge in [-0.05, 0) is 18.9 Å². The summed E-state index contributed by atoms with van der Waals surface area (Å²) >= 11 is 0. The molecule has 0 radical (unpaired) electrons. The Kier molecular flexibility index (Phi) is 8.96. The number of rotatable bonds is 5. The van der Waals surface area contributed by atoms with Crippen molar-refractivity contribution in [2.45, 2.75) is 19.3 Å². The number of nitrogens with one attached hydrogen (secondary N) is 1. The maximum absolute atomic E-state index is 11.8. The van der Waals surface area contributed by atoms with Crippen LogP contribution in [-0.4, -0.2) is 61.9 Å². The molecule has 1 aliphatic rings. The topological polar surface area (TPSA) is 47.9 Å². The molecule has 0 aromatic heterocycles. The molecule has 0 aliphatic carbocycles. The molecule has 138 valence electrons. The molecule has 1 unspecified atom stereocenters. The molecule has 25 heavy (non-hydrogen) atoms. The third-order valence-electron chi connectivity index (χ3n) is 4.17. The van der Waals surface area contributed by atoms with E-state index in [1.807, 2.05) is 13.0 Å². The van der Waals surface area contributed by atoms with E-state index >= 15 is 0 Å². The van der Waals surface area contributed by atoms with Crippen LogP contribution in [0.2, 0.25) is 0 Å². The smallest absolute Gasteiger partial charge is 0.243 e. The standard InChI is InChI=1S/C19H28N4O.HI/c1-15(2)12-20-19(21-13-18(24)22(3)4)23-11-10-17(14-23)16-8-6-5-7-9-16;/h5-9,17H,1,10-14H2,2-4H3,(H,20,21);1H. The molecular formula is C19H29IN4O. The summed E-state index contributed by atoms with van der Waals surface area (Å²) in [7, 11) is 3.50. The zero-order valence-corrected chi connectivity index (χ0v) is 17.7. The Morgan fingerprint density at radius 2 is 2.04 bits per heavy atom. The van der Waals surface area contributed by atoms with Crippen molar-refractivity contribution in [1.29, 1.82) is 0 Å². The Morgan fingerprint density at radius 3 is 2.64 bits per heavy atom. The normalized spacial score (nSPS) is 17.0. The van der Waals surface area contributed by atoms with Crippen molar-refractivity contribution in [3.8, 4) is 0 Å². The van der Waals surface area contributed by atoms with E-state index in [1.165, 1.54) is 5.56 Å². The van der Waals surface area contributed by atoms with Gasteiger partial charge in [0, 0.05) is 39.6 Å². The lowest BCUT2D eigenvalue weighted by molar-refractivity contribution is -0.127. The van der Waals surface area contributed by atoms with E-state index < -0.39 is 0 Å². The van der Waals surface area contributed by atoms with Crippen molar-refractivity contribution in [3.05, 3.63) is 48.0 Å². The third-order valence-corrected chi connectivity index (χ3v) is 4.17. The second-order valence-electron chi connectivity index (χ2n) is 6.58. The predicted molar refractivity (Wildman–Crippen MR) is 115 cm³/mol. The molecule has 1 aliphatic heterocycles. The fourth-order valence-corrected chi connectivity index (χ4v) is 2.73. The van der Waals surface area contributed by atoms with Gasteiger partial charge >= 0.3 is 0 Å². The van der Waals surface area contributed by atoms with Crippen molar-refractivity contribution in [3.63, 3.8) is 0 Å². The minimum absolute atomic E-state index is 0. The second-order valence-corrected chi connectivity index (χ2v) is 6.58. The van der Waals surface area contributed by atoms with Gasteiger partial charge in [0.1, 0.15) is 6.54 Å². The van der Waals surface area contributed by atoms with Gasteiger partial charge in [0.15, 0.2) is 5.96 Å². The number of likely N-dealkylation sites (tertiary alicyclic amines) is 1. The number of carbonyl (C=O) groups excluding carboxylic acids is 1. The molecule has 0 spiro atoms. The molecule has 1 saturated heterocycles. The van der Waals surface area contributed by atoms with Gasteiger partial charge in [-0.3, -0.25) is 4.79 Å². The number of carbonyl (C=O) groups is 1. The number of aliphatic imine (C=N–C) groups is 1. The quantitative estimate of drug-likeness (QED) is 0.321. The molecule has 1 aromatic rings. The molecule has 0 bridgehead atoms. The van der Waals surface area contributed by atoms with Crippen LogP contribution in [0.4, 0.5) is 0 Å². The van der Waals surface area contributed by atoms with E-state index in [9.17, 15) is 4.79 Å². The van der Waals surface area contributed by atoms with Crippen molar-refractivity contribution >= 4 is 35.8 Å². The zero-order valence-electron chi connectivity index (χ0n) is 15.4. The summed E-state index contributed by atoms with van der Waals surface area (Å²) in [5.74, 6) is 1.31. The van der Waals surface area contributed by atoms with Crippen LogP contribution in [0.15, 0.2) is 47.5 Å². The highest BCUT2D eigenvalue weighted by atomic mass is 127. The summed E-state index contributed by atoms with van der Waals surface area (Å²) in [5, 5.41) is 3.33. The molecule has 1 heterocycles. The lowest BCUT2D eigenvalue weighted by atomic mass is 9.99. The summed E-state index contributed by atoms with van der Waals surface area (Å²) in [6.07, 6.45) is 1.10. The number of hydrogen-bond donors (Lipinski definition) is 1. The molecule has 0 saturated carbocycles. The Morgan fingerprint density at radius 1 is 1.36 bits per heavy atom. The second kappa shape index (κ2) is 10.4. The molecule has 1 N–H and O–H groups in total. The fraction of sp³-hybridized carbons (Fsp3) is 0.474. The largest absolute Gasteiger partial charge is 0.353 e. The first-order chi connectivity index (χ1) is 11.5. The molecule has 6 heteroatoms. The number of nitrogens with zero attached hydrogens (tertiary/aromatic N) is 3. The lowest BCUT2D eigenvalue weighted by Crippen LogP contribution is -2.41. The number of guanidine groups is 1. The first-order valence-electron chi connectivity index (χ1n) is 8.40. The highest BCUT2D eigenvalue weighted by Crippen LogP contribution is 2.26.